The number of alkyl halides is 3. The number of hydrogen-bond acceptors (Lipinski definition) is 4. The van der Waals surface area contributed by atoms with Gasteiger partial charge >= 0.3 is 6.18 Å². The summed E-state index contributed by atoms with van der Waals surface area (Å²) in [4.78, 5) is 22.9. The van der Waals surface area contributed by atoms with E-state index in [-0.39, 0.29) is 12.0 Å². The van der Waals surface area contributed by atoms with Crippen LogP contribution in [-0.2, 0) is 17.3 Å². The second kappa shape index (κ2) is 8.85. The fourth-order valence-corrected chi connectivity index (χ4v) is 3.49. The summed E-state index contributed by atoms with van der Waals surface area (Å²) in [6.07, 6.45) is -1.18. The van der Waals surface area contributed by atoms with Crippen molar-refractivity contribution in [2.24, 2.45) is 0 Å². The van der Waals surface area contributed by atoms with Crippen LogP contribution in [0.1, 0.15) is 39.0 Å². The van der Waals surface area contributed by atoms with Crippen LogP contribution in [0.5, 0.6) is 0 Å². The molecular weight excluding hydrogens is 407 g/mol. The standard InChI is InChI=1S/C23H20F3N3O2/c24-23(25,26)18-5-3-4-16(13-18)12-17-7-8-19(28-14-17)21-15-29(10-11-31-21)22(30)20-6-1-2-9-27-20/h1-9,13-14,21H,10-12,15H2/t21-/m1/s1. The maximum Gasteiger partial charge on any atom is 0.416 e. The number of rotatable bonds is 4. The number of benzene rings is 1. The molecule has 1 aromatic carbocycles. The lowest BCUT2D eigenvalue weighted by molar-refractivity contribution is -0.137. The number of carbonyl (C=O) groups is 1. The smallest absolute Gasteiger partial charge is 0.368 e. The van der Waals surface area contributed by atoms with Gasteiger partial charge in [0.05, 0.1) is 24.4 Å². The molecular formula is C23H20F3N3O2. The normalized spacial score (nSPS) is 16.9. The number of halogens is 3. The molecule has 1 fully saturated rings. The Labute approximate surface area is 177 Å². The number of amides is 1. The van der Waals surface area contributed by atoms with E-state index in [0.29, 0.717) is 43.1 Å². The third-order valence-corrected chi connectivity index (χ3v) is 5.08. The Morgan fingerprint density at radius 3 is 2.65 bits per heavy atom. The third-order valence-electron chi connectivity index (χ3n) is 5.08. The zero-order chi connectivity index (χ0) is 21.8. The topological polar surface area (TPSA) is 55.3 Å². The minimum Gasteiger partial charge on any atom is -0.368 e. The van der Waals surface area contributed by atoms with E-state index in [1.54, 1.807) is 47.6 Å². The Morgan fingerprint density at radius 1 is 1.06 bits per heavy atom. The molecule has 3 aromatic rings. The van der Waals surface area contributed by atoms with E-state index in [1.165, 1.54) is 6.07 Å². The van der Waals surface area contributed by atoms with Gasteiger partial charge < -0.3 is 9.64 Å². The van der Waals surface area contributed by atoms with Crippen LogP contribution < -0.4 is 0 Å². The van der Waals surface area contributed by atoms with Crippen LogP contribution >= 0.6 is 0 Å². The quantitative estimate of drug-likeness (QED) is 0.623. The summed E-state index contributed by atoms with van der Waals surface area (Å²) < 4.78 is 44.5. The first-order chi connectivity index (χ1) is 14.9. The highest BCUT2D eigenvalue weighted by molar-refractivity contribution is 5.92. The monoisotopic (exact) mass is 427 g/mol. The van der Waals surface area contributed by atoms with Crippen molar-refractivity contribution in [1.82, 2.24) is 14.9 Å². The first kappa shape index (κ1) is 21.0. The highest BCUT2D eigenvalue weighted by Gasteiger charge is 2.30. The summed E-state index contributed by atoms with van der Waals surface area (Å²) in [6, 6.07) is 14.1. The predicted molar refractivity (Wildman–Crippen MR) is 107 cm³/mol. The van der Waals surface area contributed by atoms with E-state index < -0.39 is 11.7 Å². The van der Waals surface area contributed by atoms with Crippen LogP contribution in [0.25, 0.3) is 0 Å². The lowest BCUT2D eigenvalue weighted by atomic mass is 10.0. The van der Waals surface area contributed by atoms with Crippen molar-refractivity contribution in [2.75, 3.05) is 19.7 Å². The van der Waals surface area contributed by atoms with Crippen molar-refractivity contribution < 1.29 is 22.7 Å². The lowest BCUT2D eigenvalue weighted by Gasteiger charge is -2.32. The third kappa shape index (κ3) is 5.08. The fourth-order valence-electron chi connectivity index (χ4n) is 3.49. The molecule has 4 rings (SSSR count). The molecule has 1 amide bonds. The van der Waals surface area contributed by atoms with E-state index in [4.69, 9.17) is 4.74 Å². The molecule has 1 aliphatic rings. The highest BCUT2D eigenvalue weighted by atomic mass is 19.4. The van der Waals surface area contributed by atoms with Crippen molar-refractivity contribution in [3.63, 3.8) is 0 Å². The van der Waals surface area contributed by atoms with Gasteiger partial charge in [0.1, 0.15) is 11.8 Å². The molecule has 31 heavy (non-hydrogen) atoms. The maximum atomic E-state index is 12.9. The molecule has 1 saturated heterocycles. The molecule has 160 valence electrons. The van der Waals surface area contributed by atoms with Gasteiger partial charge in [-0.15, -0.1) is 0 Å². The van der Waals surface area contributed by atoms with Crippen molar-refractivity contribution in [2.45, 2.75) is 18.7 Å². The number of carbonyl (C=O) groups excluding carboxylic acids is 1. The first-order valence-corrected chi connectivity index (χ1v) is 9.83. The largest absolute Gasteiger partial charge is 0.416 e. The van der Waals surface area contributed by atoms with Gasteiger partial charge in [-0.05, 0) is 41.8 Å². The average Bonchev–Trinajstić information content (AvgIpc) is 2.79. The van der Waals surface area contributed by atoms with Gasteiger partial charge in [0.15, 0.2) is 0 Å². The molecule has 0 radical (unpaired) electrons. The van der Waals surface area contributed by atoms with Crippen molar-refractivity contribution in [3.8, 4) is 0 Å². The van der Waals surface area contributed by atoms with E-state index in [0.717, 1.165) is 17.7 Å². The van der Waals surface area contributed by atoms with Crippen LogP contribution in [0.4, 0.5) is 13.2 Å². The Bertz CT molecular complexity index is 1040. The minimum atomic E-state index is -4.37. The van der Waals surface area contributed by atoms with Crippen LogP contribution in [0.15, 0.2) is 67.0 Å². The summed E-state index contributed by atoms with van der Waals surface area (Å²) in [7, 11) is 0. The molecule has 0 saturated carbocycles. The number of hydrogen-bond donors (Lipinski definition) is 0. The molecule has 1 aliphatic heterocycles. The number of morpholine rings is 1. The van der Waals surface area contributed by atoms with Gasteiger partial charge in [0.2, 0.25) is 0 Å². The summed E-state index contributed by atoms with van der Waals surface area (Å²) in [6.45, 7) is 1.21. The van der Waals surface area contributed by atoms with Gasteiger partial charge in [-0.25, -0.2) is 0 Å². The van der Waals surface area contributed by atoms with Crippen LogP contribution in [0.3, 0.4) is 0 Å². The molecule has 0 N–H and O–H groups in total. The molecule has 0 bridgehead atoms. The van der Waals surface area contributed by atoms with Crippen LogP contribution in [0, 0.1) is 0 Å². The Hall–Kier alpha value is -3.26. The average molecular weight is 427 g/mol. The van der Waals surface area contributed by atoms with E-state index in [1.807, 2.05) is 6.07 Å². The lowest BCUT2D eigenvalue weighted by Crippen LogP contribution is -2.42. The van der Waals surface area contributed by atoms with Crippen molar-refractivity contribution >= 4 is 5.91 Å². The molecule has 2 aromatic heterocycles. The van der Waals surface area contributed by atoms with E-state index >= 15 is 0 Å². The summed E-state index contributed by atoms with van der Waals surface area (Å²) >= 11 is 0. The minimum absolute atomic E-state index is 0.157. The number of ether oxygens (including phenoxy) is 1. The zero-order valence-electron chi connectivity index (χ0n) is 16.5. The molecule has 8 heteroatoms. The molecule has 0 spiro atoms. The van der Waals surface area contributed by atoms with Gasteiger partial charge in [0.25, 0.3) is 5.91 Å². The number of nitrogens with zero attached hydrogens (tertiary/aromatic N) is 3. The summed E-state index contributed by atoms with van der Waals surface area (Å²) in [5, 5.41) is 0. The van der Waals surface area contributed by atoms with Crippen molar-refractivity contribution in [1.29, 1.82) is 0 Å². The second-order valence-corrected chi connectivity index (χ2v) is 7.29. The fraction of sp³-hybridized carbons (Fsp3) is 0.261. The molecule has 3 heterocycles. The molecule has 0 aliphatic carbocycles. The molecule has 5 nitrogen and oxygen atoms in total. The Kier molecular flexibility index (Phi) is 5.99. The first-order valence-electron chi connectivity index (χ1n) is 9.83. The van der Waals surface area contributed by atoms with Gasteiger partial charge in [-0.2, -0.15) is 13.2 Å². The number of pyridine rings is 2. The second-order valence-electron chi connectivity index (χ2n) is 7.29. The highest BCUT2D eigenvalue weighted by Crippen LogP contribution is 2.30. The predicted octanol–water partition coefficient (Wildman–Crippen LogP) is 4.30. The summed E-state index contributed by atoms with van der Waals surface area (Å²) in [5.41, 5.74) is 1.74. The van der Waals surface area contributed by atoms with E-state index in [9.17, 15) is 18.0 Å². The SMILES string of the molecule is O=C(c1ccccn1)N1CCO[C@@H](c2ccc(Cc3cccc(C(F)(F)F)c3)cn2)C1. The Morgan fingerprint density at radius 2 is 1.94 bits per heavy atom. The Balaban J connectivity index is 1.43. The van der Waals surface area contributed by atoms with E-state index in [2.05, 4.69) is 9.97 Å². The zero-order valence-corrected chi connectivity index (χ0v) is 16.5. The molecule has 0 unspecified atom stereocenters. The molecule has 1 atom stereocenters. The van der Waals surface area contributed by atoms with Crippen LogP contribution in [0.2, 0.25) is 0 Å². The number of aromatic nitrogens is 2. The summed E-state index contributed by atoms with van der Waals surface area (Å²) in [5.74, 6) is -0.157. The van der Waals surface area contributed by atoms with Gasteiger partial charge in [-0.3, -0.25) is 14.8 Å². The van der Waals surface area contributed by atoms with Crippen molar-refractivity contribution in [3.05, 3.63) is 95.1 Å². The van der Waals surface area contributed by atoms with Gasteiger partial charge in [0, 0.05) is 18.9 Å². The van der Waals surface area contributed by atoms with Gasteiger partial charge in [-0.1, -0.05) is 30.3 Å². The van der Waals surface area contributed by atoms with Crippen LogP contribution in [-0.4, -0.2) is 40.5 Å². The maximum absolute atomic E-state index is 12.9.